The molecule has 0 bridgehead atoms. The van der Waals surface area contributed by atoms with E-state index in [1.165, 1.54) is 21.9 Å². The first-order valence-electron chi connectivity index (χ1n) is 8.83. The van der Waals surface area contributed by atoms with E-state index < -0.39 is 12.0 Å². The number of fused-ring (bicyclic) bond motifs is 2. The number of aromatic amines is 2. The molecule has 2 heterocycles. The average molecular weight is 379 g/mol. The van der Waals surface area contributed by atoms with Crippen LogP contribution in [0.15, 0.2) is 54.7 Å². The molecule has 4 rings (SSSR count). The number of nitrogens with one attached hydrogen (secondary N) is 2. The summed E-state index contributed by atoms with van der Waals surface area (Å²) in [5.74, 6) is 0.157. The molecule has 5 nitrogen and oxygen atoms in total. The molecule has 0 radical (unpaired) electrons. The number of aliphatic carboxylic acids is 1. The van der Waals surface area contributed by atoms with Gasteiger partial charge in [-0.2, -0.15) is 11.8 Å². The Morgan fingerprint density at radius 3 is 2.56 bits per heavy atom. The van der Waals surface area contributed by atoms with Crippen molar-refractivity contribution in [3.05, 3.63) is 71.5 Å². The van der Waals surface area contributed by atoms with Crippen LogP contribution in [-0.2, 0) is 17.0 Å². The Bertz CT molecular complexity index is 1100. The first kappa shape index (κ1) is 17.7. The Balaban J connectivity index is 1.64. The zero-order chi connectivity index (χ0) is 18.8. The number of hydrogen-bond acceptors (Lipinski definition) is 3. The summed E-state index contributed by atoms with van der Waals surface area (Å²) >= 11 is 1.56. The van der Waals surface area contributed by atoms with Crippen LogP contribution in [0, 0.1) is 0 Å². The second kappa shape index (κ2) is 7.50. The van der Waals surface area contributed by atoms with Crippen LogP contribution >= 0.6 is 11.8 Å². The van der Waals surface area contributed by atoms with Gasteiger partial charge in [0, 0.05) is 51.6 Å². The van der Waals surface area contributed by atoms with Crippen LogP contribution < -0.4 is 5.73 Å². The van der Waals surface area contributed by atoms with Crippen LogP contribution in [0.2, 0.25) is 0 Å². The molecular formula is C21H21N3O2S. The summed E-state index contributed by atoms with van der Waals surface area (Å²) in [6.45, 7) is 0. The molecule has 0 aliphatic rings. The Morgan fingerprint density at radius 1 is 1.07 bits per heavy atom. The van der Waals surface area contributed by atoms with Crippen LogP contribution in [0.3, 0.4) is 0 Å². The summed E-state index contributed by atoms with van der Waals surface area (Å²) < 4.78 is 0. The third kappa shape index (κ3) is 3.59. The molecule has 0 amide bonds. The van der Waals surface area contributed by atoms with Crippen LogP contribution in [0.4, 0.5) is 0 Å². The summed E-state index contributed by atoms with van der Waals surface area (Å²) in [5, 5.41) is 11.4. The molecule has 0 spiro atoms. The third-order valence-electron chi connectivity index (χ3n) is 4.81. The molecule has 4 aromatic rings. The highest BCUT2D eigenvalue weighted by molar-refractivity contribution is 7.98. The Kier molecular flexibility index (Phi) is 4.92. The second-order valence-electron chi connectivity index (χ2n) is 6.62. The van der Waals surface area contributed by atoms with Gasteiger partial charge in [-0.3, -0.25) is 4.79 Å². The van der Waals surface area contributed by atoms with E-state index in [0.29, 0.717) is 5.75 Å². The molecule has 0 unspecified atom stereocenters. The number of nitrogens with two attached hydrogens (primary N) is 1. The van der Waals surface area contributed by atoms with Crippen LogP contribution in [0.5, 0.6) is 0 Å². The van der Waals surface area contributed by atoms with Crippen molar-refractivity contribution in [2.45, 2.75) is 18.2 Å². The smallest absolute Gasteiger partial charge is 0.321 e. The maximum atomic E-state index is 11.0. The zero-order valence-electron chi connectivity index (χ0n) is 14.7. The van der Waals surface area contributed by atoms with Crippen molar-refractivity contribution < 1.29 is 9.90 Å². The molecule has 2 aromatic carbocycles. The van der Waals surface area contributed by atoms with E-state index in [1.807, 2.05) is 18.2 Å². The number of thioether (sulfide) groups is 1. The summed E-state index contributed by atoms with van der Waals surface area (Å²) in [7, 11) is 0. The van der Waals surface area contributed by atoms with Gasteiger partial charge in [0.1, 0.15) is 6.04 Å². The maximum absolute atomic E-state index is 11.0. The standard InChI is InChI=1S/C21H21N3O2S/c22-17(21(25)26)12-27-11-16-15-6-2-4-8-19(15)24-20(16)9-13-10-23-18-7-3-1-5-14(13)18/h1-8,10,17,23-24H,9,11-12,22H2,(H,25,26)/t17-/m0/s1. The number of para-hydroxylation sites is 2. The van der Waals surface area contributed by atoms with Gasteiger partial charge in [-0.15, -0.1) is 0 Å². The van der Waals surface area contributed by atoms with Crippen molar-refractivity contribution in [3.8, 4) is 0 Å². The molecule has 27 heavy (non-hydrogen) atoms. The molecule has 0 saturated heterocycles. The van der Waals surface area contributed by atoms with Gasteiger partial charge >= 0.3 is 5.97 Å². The van der Waals surface area contributed by atoms with Crippen LogP contribution in [-0.4, -0.2) is 32.8 Å². The van der Waals surface area contributed by atoms with E-state index in [2.05, 4.69) is 46.5 Å². The molecule has 2 aromatic heterocycles. The quantitative estimate of drug-likeness (QED) is 0.392. The lowest BCUT2D eigenvalue weighted by Crippen LogP contribution is -2.32. The van der Waals surface area contributed by atoms with Gasteiger partial charge in [-0.1, -0.05) is 36.4 Å². The van der Waals surface area contributed by atoms with E-state index in [-0.39, 0.29) is 0 Å². The maximum Gasteiger partial charge on any atom is 0.321 e. The van der Waals surface area contributed by atoms with Gasteiger partial charge in [-0.05, 0) is 23.3 Å². The fourth-order valence-corrected chi connectivity index (χ4v) is 4.45. The van der Waals surface area contributed by atoms with Gasteiger partial charge in [0.05, 0.1) is 0 Å². The summed E-state index contributed by atoms with van der Waals surface area (Å²) in [6.07, 6.45) is 2.85. The van der Waals surface area contributed by atoms with Crippen molar-refractivity contribution in [2.75, 3.05) is 5.75 Å². The molecule has 1 atom stereocenters. The van der Waals surface area contributed by atoms with E-state index in [4.69, 9.17) is 10.8 Å². The Morgan fingerprint density at radius 2 is 1.78 bits per heavy atom. The number of benzene rings is 2. The highest BCUT2D eigenvalue weighted by atomic mass is 32.2. The lowest BCUT2D eigenvalue weighted by molar-refractivity contribution is -0.137. The summed E-state index contributed by atoms with van der Waals surface area (Å²) in [6, 6.07) is 15.7. The van der Waals surface area contributed by atoms with Crippen molar-refractivity contribution in [3.63, 3.8) is 0 Å². The first-order chi connectivity index (χ1) is 13.1. The number of carboxylic acids is 1. The number of carboxylic acid groups (broad SMARTS) is 1. The third-order valence-corrected chi connectivity index (χ3v) is 5.89. The van der Waals surface area contributed by atoms with Gasteiger partial charge < -0.3 is 20.8 Å². The Hall–Kier alpha value is -2.70. The second-order valence-corrected chi connectivity index (χ2v) is 7.65. The molecule has 0 fully saturated rings. The van der Waals surface area contributed by atoms with Crippen molar-refractivity contribution >= 4 is 39.5 Å². The van der Waals surface area contributed by atoms with Gasteiger partial charge in [0.2, 0.25) is 0 Å². The SMILES string of the molecule is N[C@@H](CSCc1c(Cc2c[nH]c3ccccc23)[nH]c2ccccc12)C(=O)O. The van der Waals surface area contributed by atoms with E-state index >= 15 is 0 Å². The lowest BCUT2D eigenvalue weighted by atomic mass is 10.1. The minimum atomic E-state index is -0.958. The number of hydrogen-bond donors (Lipinski definition) is 4. The normalized spacial score (nSPS) is 12.6. The summed E-state index contributed by atoms with van der Waals surface area (Å²) in [4.78, 5) is 17.8. The van der Waals surface area contributed by atoms with Crippen LogP contribution in [0.1, 0.15) is 16.8 Å². The predicted octanol–water partition coefficient (Wildman–Crippen LogP) is 3.89. The minimum absolute atomic E-state index is 0.390. The van der Waals surface area contributed by atoms with Crippen LogP contribution in [0.25, 0.3) is 21.8 Å². The van der Waals surface area contributed by atoms with Crippen molar-refractivity contribution in [2.24, 2.45) is 5.73 Å². The molecular weight excluding hydrogens is 358 g/mol. The molecule has 0 saturated carbocycles. The Labute approximate surface area is 161 Å². The fourth-order valence-electron chi connectivity index (χ4n) is 3.40. The van der Waals surface area contributed by atoms with Gasteiger partial charge in [-0.25, -0.2) is 0 Å². The van der Waals surface area contributed by atoms with Gasteiger partial charge in [0.25, 0.3) is 0 Å². The first-order valence-corrected chi connectivity index (χ1v) is 9.98. The molecule has 5 N–H and O–H groups in total. The average Bonchev–Trinajstić information content (AvgIpc) is 3.24. The fraction of sp³-hybridized carbons (Fsp3) is 0.190. The lowest BCUT2D eigenvalue weighted by Gasteiger charge is -2.08. The molecule has 138 valence electrons. The number of rotatable bonds is 7. The van der Waals surface area contributed by atoms with Gasteiger partial charge in [0.15, 0.2) is 0 Å². The van der Waals surface area contributed by atoms with Crippen molar-refractivity contribution in [1.82, 2.24) is 9.97 Å². The monoisotopic (exact) mass is 379 g/mol. The highest BCUT2D eigenvalue weighted by Crippen LogP contribution is 2.30. The highest BCUT2D eigenvalue weighted by Gasteiger charge is 2.16. The predicted molar refractivity (Wildman–Crippen MR) is 111 cm³/mol. The molecule has 6 heteroatoms. The van der Waals surface area contributed by atoms with E-state index in [0.717, 1.165) is 28.9 Å². The van der Waals surface area contributed by atoms with E-state index in [1.54, 1.807) is 11.8 Å². The topological polar surface area (TPSA) is 94.9 Å². The largest absolute Gasteiger partial charge is 0.480 e. The van der Waals surface area contributed by atoms with Crippen molar-refractivity contribution in [1.29, 1.82) is 0 Å². The minimum Gasteiger partial charge on any atom is -0.480 e. The summed E-state index contributed by atoms with van der Waals surface area (Å²) in [5.41, 5.74) is 11.5. The zero-order valence-corrected chi connectivity index (χ0v) is 15.6. The molecule has 0 aliphatic carbocycles. The number of H-pyrrole nitrogens is 2. The number of carbonyl (C=O) groups is 1. The van der Waals surface area contributed by atoms with E-state index in [9.17, 15) is 4.79 Å². The number of aromatic nitrogens is 2. The molecule has 0 aliphatic heterocycles.